The number of ether oxygens (including phenoxy) is 3. The van der Waals surface area contributed by atoms with Crippen LogP contribution in [0.3, 0.4) is 0 Å². The van der Waals surface area contributed by atoms with Crippen LogP contribution in [-0.4, -0.2) is 27.4 Å². The Bertz CT molecular complexity index is 516. The van der Waals surface area contributed by atoms with E-state index in [1.807, 2.05) is 12.1 Å². The van der Waals surface area contributed by atoms with Gasteiger partial charge in [-0.25, -0.2) is 4.79 Å². The molecule has 0 bridgehead atoms. The van der Waals surface area contributed by atoms with E-state index in [0.717, 1.165) is 24.0 Å². The minimum atomic E-state index is -0.427. The van der Waals surface area contributed by atoms with Crippen molar-refractivity contribution in [3.05, 3.63) is 23.3 Å². The molecule has 1 saturated carbocycles. The molecule has 0 radical (unpaired) electrons. The zero-order chi connectivity index (χ0) is 13.9. The summed E-state index contributed by atoms with van der Waals surface area (Å²) in [6.45, 7) is 0.411. The second-order valence-corrected chi connectivity index (χ2v) is 4.54. The van der Waals surface area contributed by atoms with Crippen molar-refractivity contribution in [2.24, 2.45) is 4.99 Å². The lowest BCUT2D eigenvalue weighted by Crippen LogP contribution is -2.06. The van der Waals surface area contributed by atoms with Gasteiger partial charge < -0.3 is 14.2 Å². The first-order chi connectivity index (χ1) is 9.20. The number of hydrogen-bond acceptors (Lipinski definition) is 5. The minimum absolute atomic E-state index is 0.411. The molecule has 2 rings (SSSR count). The van der Waals surface area contributed by atoms with Gasteiger partial charge in [-0.15, -0.1) is 0 Å². The number of hydrogen-bond donors (Lipinski definition) is 0. The van der Waals surface area contributed by atoms with Gasteiger partial charge in [0.05, 0.1) is 26.4 Å². The number of rotatable bonds is 6. The number of methoxy groups -OCH3 is 3. The highest BCUT2D eigenvalue weighted by Crippen LogP contribution is 2.51. The maximum atomic E-state index is 10.5. The van der Waals surface area contributed by atoms with Crippen LogP contribution >= 0.6 is 0 Å². The third-order valence-corrected chi connectivity index (χ3v) is 3.38. The molecule has 0 N–H and O–H groups in total. The van der Waals surface area contributed by atoms with E-state index in [4.69, 9.17) is 14.2 Å². The summed E-state index contributed by atoms with van der Waals surface area (Å²) in [5, 5.41) is 0. The third kappa shape index (κ3) is 2.48. The monoisotopic (exact) mass is 263 g/mol. The lowest BCUT2D eigenvalue weighted by atomic mass is 10.0. The Hall–Kier alpha value is -1.84. The van der Waals surface area contributed by atoms with Crippen molar-refractivity contribution in [1.29, 1.82) is 0 Å². The van der Waals surface area contributed by atoms with Crippen LogP contribution in [0.2, 0.25) is 0 Å². The van der Waals surface area contributed by atoms with E-state index < -0.39 is 5.54 Å². The Labute approximate surface area is 112 Å². The van der Waals surface area contributed by atoms with E-state index in [-0.39, 0.29) is 0 Å². The summed E-state index contributed by atoms with van der Waals surface area (Å²) >= 11 is 0. The molecule has 1 aliphatic rings. The van der Waals surface area contributed by atoms with Crippen LogP contribution in [0.1, 0.15) is 24.0 Å². The largest absolute Gasteiger partial charge is 0.493 e. The molecule has 0 aromatic heterocycles. The van der Waals surface area contributed by atoms with E-state index >= 15 is 0 Å². The average Bonchev–Trinajstić information content (AvgIpc) is 3.19. The Morgan fingerprint density at radius 3 is 2.47 bits per heavy atom. The SMILES string of the molecule is COCc1cc(C2(N=C=O)CC2)cc(OC)c1OC. The van der Waals surface area contributed by atoms with Gasteiger partial charge in [0.25, 0.3) is 0 Å². The van der Waals surface area contributed by atoms with Crippen LogP contribution in [0.15, 0.2) is 17.1 Å². The smallest absolute Gasteiger partial charge is 0.235 e. The number of benzene rings is 1. The standard InChI is InChI=1S/C14H17NO4/c1-17-8-10-6-11(14(4-5-14)15-9-16)7-12(18-2)13(10)19-3/h6-7H,4-5,8H2,1-3H3. The van der Waals surface area contributed by atoms with Gasteiger partial charge in [0.2, 0.25) is 6.08 Å². The summed E-state index contributed by atoms with van der Waals surface area (Å²) in [6, 6.07) is 3.82. The zero-order valence-corrected chi connectivity index (χ0v) is 11.4. The van der Waals surface area contributed by atoms with Crippen LogP contribution in [-0.2, 0) is 21.7 Å². The summed E-state index contributed by atoms with van der Waals surface area (Å²) in [5.74, 6) is 1.28. The molecule has 5 nitrogen and oxygen atoms in total. The second kappa shape index (κ2) is 5.43. The van der Waals surface area contributed by atoms with Crippen molar-refractivity contribution in [2.45, 2.75) is 25.0 Å². The Kier molecular flexibility index (Phi) is 3.88. The van der Waals surface area contributed by atoms with Crippen molar-refractivity contribution >= 4 is 6.08 Å². The fourth-order valence-electron chi connectivity index (χ4n) is 2.25. The molecule has 0 heterocycles. The summed E-state index contributed by atoms with van der Waals surface area (Å²) in [6.07, 6.45) is 3.36. The fourth-order valence-corrected chi connectivity index (χ4v) is 2.25. The fraction of sp³-hybridized carbons (Fsp3) is 0.500. The maximum absolute atomic E-state index is 10.5. The number of aliphatic imine (C=N–C) groups is 1. The summed E-state index contributed by atoms with van der Waals surface area (Å²) < 4.78 is 15.9. The third-order valence-electron chi connectivity index (χ3n) is 3.38. The molecular weight excluding hydrogens is 246 g/mol. The number of carbonyl (C=O) groups excluding carboxylic acids is 1. The van der Waals surface area contributed by atoms with Crippen LogP contribution in [0.5, 0.6) is 11.5 Å². The topological polar surface area (TPSA) is 57.1 Å². The molecule has 1 aromatic carbocycles. The van der Waals surface area contributed by atoms with Crippen molar-refractivity contribution < 1.29 is 19.0 Å². The van der Waals surface area contributed by atoms with Crippen molar-refractivity contribution in [3.8, 4) is 11.5 Å². The molecular formula is C14H17NO4. The minimum Gasteiger partial charge on any atom is -0.493 e. The Balaban J connectivity index is 2.51. The van der Waals surface area contributed by atoms with Gasteiger partial charge >= 0.3 is 0 Å². The summed E-state index contributed by atoms with van der Waals surface area (Å²) in [7, 11) is 4.79. The van der Waals surface area contributed by atoms with Crippen molar-refractivity contribution in [2.75, 3.05) is 21.3 Å². The highest BCUT2D eigenvalue weighted by molar-refractivity contribution is 5.53. The molecule has 0 saturated heterocycles. The normalized spacial score (nSPS) is 15.5. The Morgan fingerprint density at radius 2 is 2.00 bits per heavy atom. The molecule has 102 valence electrons. The van der Waals surface area contributed by atoms with E-state index in [2.05, 4.69) is 4.99 Å². The molecule has 1 aromatic rings. The highest BCUT2D eigenvalue weighted by atomic mass is 16.5. The van der Waals surface area contributed by atoms with Gasteiger partial charge in [-0.3, -0.25) is 0 Å². The second-order valence-electron chi connectivity index (χ2n) is 4.54. The van der Waals surface area contributed by atoms with Crippen LogP contribution in [0, 0.1) is 0 Å². The quantitative estimate of drug-likeness (QED) is 0.583. The first-order valence-electron chi connectivity index (χ1n) is 6.04. The number of nitrogens with zero attached hydrogens (tertiary/aromatic N) is 1. The Morgan fingerprint density at radius 1 is 1.26 bits per heavy atom. The predicted octanol–water partition coefficient (Wildman–Crippen LogP) is 2.18. The predicted molar refractivity (Wildman–Crippen MR) is 69.3 cm³/mol. The zero-order valence-electron chi connectivity index (χ0n) is 11.4. The summed E-state index contributed by atoms with van der Waals surface area (Å²) in [5.41, 5.74) is 1.40. The maximum Gasteiger partial charge on any atom is 0.235 e. The molecule has 0 atom stereocenters. The van der Waals surface area contributed by atoms with Gasteiger partial charge in [0.15, 0.2) is 11.5 Å². The van der Waals surface area contributed by atoms with Gasteiger partial charge in [-0.05, 0) is 30.5 Å². The molecule has 0 spiro atoms. The molecule has 1 fully saturated rings. The number of isocyanates is 1. The average molecular weight is 263 g/mol. The van der Waals surface area contributed by atoms with E-state index in [0.29, 0.717) is 18.1 Å². The van der Waals surface area contributed by atoms with E-state index in [1.54, 1.807) is 27.4 Å². The highest BCUT2D eigenvalue weighted by Gasteiger charge is 2.45. The lowest BCUT2D eigenvalue weighted by Gasteiger charge is -2.17. The molecule has 1 aliphatic carbocycles. The first-order valence-corrected chi connectivity index (χ1v) is 6.04. The molecule has 19 heavy (non-hydrogen) atoms. The van der Waals surface area contributed by atoms with Crippen LogP contribution in [0.25, 0.3) is 0 Å². The van der Waals surface area contributed by atoms with Crippen LogP contribution in [0.4, 0.5) is 0 Å². The molecule has 5 heteroatoms. The van der Waals surface area contributed by atoms with E-state index in [9.17, 15) is 4.79 Å². The molecule has 0 amide bonds. The van der Waals surface area contributed by atoms with E-state index in [1.165, 1.54) is 0 Å². The van der Waals surface area contributed by atoms with Gasteiger partial charge in [0.1, 0.15) is 0 Å². The summed E-state index contributed by atoms with van der Waals surface area (Å²) in [4.78, 5) is 14.5. The van der Waals surface area contributed by atoms with Gasteiger partial charge in [-0.2, -0.15) is 4.99 Å². The van der Waals surface area contributed by atoms with Crippen LogP contribution < -0.4 is 9.47 Å². The first kappa shape index (κ1) is 13.6. The van der Waals surface area contributed by atoms with Gasteiger partial charge in [-0.1, -0.05) is 0 Å². The van der Waals surface area contributed by atoms with Crippen molar-refractivity contribution in [3.63, 3.8) is 0 Å². The molecule has 0 unspecified atom stereocenters. The van der Waals surface area contributed by atoms with Gasteiger partial charge in [0, 0.05) is 12.7 Å². The lowest BCUT2D eigenvalue weighted by molar-refractivity contribution is 0.180. The van der Waals surface area contributed by atoms with Crippen molar-refractivity contribution in [1.82, 2.24) is 0 Å². The molecule has 0 aliphatic heterocycles.